The molecule has 5 N–H and O–H groups in total. The summed E-state index contributed by atoms with van der Waals surface area (Å²) < 4.78 is 36.1. The normalized spacial score (nSPS) is 8.93. The summed E-state index contributed by atoms with van der Waals surface area (Å²) in [6.45, 7) is 5.51. The van der Waals surface area contributed by atoms with Crippen LogP contribution in [0.3, 0.4) is 0 Å². The Morgan fingerprint density at radius 2 is 1.40 bits per heavy atom. The van der Waals surface area contributed by atoms with Gasteiger partial charge in [-0.1, -0.05) is 5.57 Å². The highest BCUT2D eigenvalue weighted by Crippen LogP contribution is 2.02. The average Bonchev–Trinajstić information content (AvgIpc) is 1.98. The molecule has 0 saturated heterocycles. The molecular weight excluding hydrogens is 226 g/mol. The van der Waals surface area contributed by atoms with E-state index in [1.165, 1.54) is 7.11 Å². The van der Waals surface area contributed by atoms with Gasteiger partial charge in [0.15, 0.2) is 0 Å². The Labute approximate surface area is 89.3 Å². The molecule has 0 unspecified atom stereocenters. The van der Waals surface area contributed by atoms with Crippen LogP contribution < -0.4 is 6.15 Å². The fraction of sp³-hybridized carbons (Fsp3) is 0.571. The van der Waals surface area contributed by atoms with Gasteiger partial charge in [-0.25, -0.2) is 4.79 Å². The zero-order chi connectivity index (χ0) is 11.9. The van der Waals surface area contributed by atoms with E-state index in [0.717, 1.165) is 5.57 Å². The summed E-state index contributed by atoms with van der Waals surface area (Å²) in [6.07, 6.45) is 0. The van der Waals surface area contributed by atoms with Crippen molar-refractivity contribution < 1.29 is 27.1 Å². The van der Waals surface area contributed by atoms with Crippen molar-refractivity contribution >= 4 is 16.4 Å². The van der Waals surface area contributed by atoms with Crippen LogP contribution in [0.15, 0.2) is 11.1 Å². The zero-order valence-corrected chi connectivity index (χ0v) is 9.96. The predicted molar refractivity (Wildman–Crippen MR) is 55.3 cm³/mol. The molecule has 15 heavy (non-hydrogen) atoms. The highest BCUT2D eigenvalue weighted by molar-refractivity contribution is 7.79. The second-order valence-electron chi connectivity index (χ2n) is 2.56. The summed E-state index contributed by atoms with van der Waals surface area (Å²) >= 11 is 0. The molecule has 0 spiro atoms. The lowest BCUT2D eigenvalue weighted by Crippen LogP contribution is -2.02. The van der Waals surface area contributed by atoms with Crippen molar-refractivity contribution in [3.05, 3.63) is 11.1 Å². The Morgan fingerprint density at radius 1 is 1.13 bits per heavy atom. The van der Waals surface area contributed by atoms with Crippen molar-refractivity contribution in [1.82, 2.24) is 6.15 Å². The van der Waals surface area contributed by atoms with Crippen LogP contribution in [0.1, 0.15) is 20.8 Å². The molecule has 0 aliphatic carbocycles. The van der Waals surface area contributed by atoms with Gasteiger partial charge < -0.3 is 10.9 Å². The molecule has 0 heterocycles. The third kappa shape index (κ3) is 19.4. The van der Waals surface area contributed by atoms with Crippen LogP contribution in [0.4, 0.5) is 0 Å². The van der Waals surface area contributed by atoms with Crippen LogP contribution >= 0.6 is 0 Å². The van der Waals surface area contributed by atoms with E-state index in [9.17, 15) is 4.79 Å². The highest BCUT2D eigenvalue weighted by Gasteiger charge is 2.02. The van der Waals surface area contributed by atoms with Gasteiger partial charge in [0.2, 0.25) is 0 Å². The molecule has 92 valence electrons. The fourth-order valence-electron chi connectivity index (χ4n) is 0.357. The Balaban J connectivity index is -0.000000208. The number of carbonyl (C=O) groups excluding carboxylic acids is 1. The molecule has 7 nitrogen and oxygen atoms in total. The van der Waals surface area contributed by atoms with E-state index in [-0.39, 0.29) is 12.1 Å². The number of rotatable bonds is 1. The van der Waals surface area contributed by atoms with Gasteiger partial charge >= 0.3 is 16.4 Å². The number of carbonyl (C=O) groups is 1. The minimum atomic E-state index is -4.67. The Morgan fingerprint density at radius 3 is 1.47 bits per heavy atom. The highest BCUT2D eigenvalue weighted by atomic mass is 32.3. The van der Waals surface area contributed by atoms with Gasteiger partial charge in [0, 0.05) is 5.57 Å². The van der Waals surface area contributed by atoms with Gasteiger partial charge in [-0.2, -0.15) is 8.42 Å². The second-order valence-corrected chi connectivity index (χ2v) is 3.46. The molecule has 0 aliphatic heterocycles. The van der Waals surface area contributed by atoms with Crippen LogP contribution in [0, 0.1) is 0 Å². The first-order valence-electron chi connectivity index (χ1n) is 3.51. The maximum absolute atomic E-state index is 10.7. The first-order valence-corrected chi connectivity index (χ1v) is 4.91. The molecule has 8 heteroatoms. The summed E-state index contributed by atoms with van der Waals surface area (Å²) in [6, 6.07) is 0. The van der Waals surface area contributed by atoms with Gasteiger partial charge in [-0.15, -0.1) is 0 Å². The Kier molecular flexibility index (Phi) is 10.9. The molecular formula is C7H17NO6S. The summed E-state index contributed by atoms with van der Waals surface area (Å²) in [7, 11) is -3.28. The van der Waals surface area contributed by atoms with Crippen LogP contribution in [0.2, 0.25) is 0 Å². The van der Waals surface area contributed by atoms with Gasteiger partial charge in [0.25, 0.3) is 0 Å². The van der Waals surface area contributed by atoms with Crippen molar-refractivity contribution in [1.29, 1.82) is 0 Å². The standard InChI is InChI=1S/C7H12O2.H3N.H2O4S/c1-5(2)6(3)7(8)9-4;;1-5(2,3)4/h1-4H3;1H3;(H2,1,2,3,4). The van der Waals surface area contributed by atoms with E-state index >= 15 is 0 Å². The van der Waals surface area contributed by atoms with Crippen molar-refractivity contribution in [3.63, 3.8) is 0 Å². The van der Waals surface area contributed by atoms with E-state index in [1.54, 1.807) is 6.92 Å². The van der Waals surface area contributed by atoms with Crippen LogP contribution in [-0.2, 0) is 19.9 Å². The first kappa shape index (κ1) is 19.6. The number of allylic oxidation sites excluding steroid dienone is 1. The Hall–Kier alpha value is -0.960. The SMILES string of the molecule is COC(=O)C(C)=C(C)C.N.O=S(=O)(O)O. The number of ether oxygens (including phenoxy) is 1. The van der Waals surface area contributed by atoms with E-state index in [4.69, 9.17) is 17.5 Å². The summed E-state index contributed by atoms with van der Waals surface area (Å²) in [5, 5.41) is 0. The van der Waals surface area contributed by atoms with Gasteiger partial charge in [0.05, 0.1) is 7.11 Å². The van der Waals surface area contributed by atoms with Crippen molar-refractivity contribution in [2.45, 2.75) is 20.8 Å². The summed E-state index contributed by atoms with van der Waals surface area (Å²) in [4.78, 5) is 10.7. The molecule has 0 aliphatic rings. The molecule has 0 saturated carbocycles. The summed E-state index contributed by atoms with van der Waals surface area (Å²) in [5.74, 6) is -0.241. The molecule has 0 radical (unpaired) electrons. The molecule has 0 amide bonds. The molecule has 0 atom stereocenters. The number of hydrogen-bond donors (Lipinski definition) is 3. The number of esters is 1. The van der Waals surface area contributed by atoms with Crippen molar-refractivity contribution in [2.75, 3.05) is 7.11 Å². The molecule has 0 aromatic heterocycles. The fourth-order valence-corrected chi connectivity index (χ4v) is 0.357. The maximum atomic E-state index is 10.7. The minimum absolute atomic E-state index is 0. The largest absolute Gasteiger partial charge is 0.466 e. The monoisotopic (exact) mass is 243 g/mol. The second kappa shape index (κ2) is 8.36. The number of methoxy groups -OCH3 is 1. The minimum Gasteiger partial charge on any atom is -0.466 e. The van der Waals surface area contributed by atoms with Gasteiger partial charge in [-0.05, 0) is 20.8 Å². The lowest BCUT2D eigenvalue weighted by atomic mass is 10.2. The molecule has 0 aromatic carbocycles. The van der Waals surface area contributed by atoms with Crippen LogP contribution in [0.5, 0.6) is 0 Å². The van der Waals surface area contributed by atoms with Gasteiger partial charge in [-0.3, -0.25) is 9.11 Å². The first-order chi connectivity index (χ1) is 6.09. The zero-order valence-electron chi connectivity index (χ0n) is 9.14. The van der Waals surface area contributed by atoms with Crippen molar-refractivity contribution in [3.8, 4) is 0 Å². The van der Waals surface area contributed by atoms with E-state index in [1.807, 2.05) is 13.8 Å². The smallest absolute Gasteiger partial charge is 0.394 e. The quantitative estimate of drug-likeness (QED) is 0.355. The molecule has 0 fully saturated rings. The van der Waals surface area contributed by atoms with E-state index in [2.05, 4.69) is 4.74 Å². The molecule has 0 rings (SSSR count). The average molecular weight is 243 g/mol. The summed E-state index contributed by atoms with van der Waals surface area (Å²) in [5.41, 5.74) is 1.69. The third-order valence-electron chi connectivity index (χ3n) is 1.24. The Bertz CT molecular complexity index is 306. The molecule has 0 aromatic rings. The lowest BCUT2D eigenvalue weighted by Gasteiger charge is -1.98. The third-order valence-corrected chi connectivity index (χ3v) is 1.24. The van der Waals surface area contributed by atoms with Crippen molar-refractivity contribution in [2.24, 2.45) is 0 Å². The van der Waals surface area contributed by atoms with Crippen LogP contribution in [-0.4, -0.2) is 30.6 Å². The van der Waals surface area contributed by atoms with E-state index in [0.29, 0.717) is 5.57 Å². The van der Waals surface area contributed by atoms with Gasteiger partial charge in [0.1, 0.15) is 0 Å². The predicted octanol–water partition coefficient (Wildman–Crippen LogP) is 1.02. The van der Waals surface area contributed by atoms with Crippen LogP contribution in [0.25, 0.3) is 0 Å². The number of hydrogen-bond acceptors (Lipinski definition) is 5. The maximum Gasteiger partial charge on any atom is 0.394 e. The van der Waals surface area contributed by atoms with E-state index < -0.39 is 10.4 Å². The topological polar surface area (TPSA) is 136 Å². The molecule has 0 bridgehead atoms. The lowest BCUT2D eigenvalue weighted by molar-refractivity contribution is -0.136.